The van der Waals surface area contributed by atoms with Crippen LogP contribution in [0, 0.1) is 5.41 Å². The quantitative estimate of drug-likeness (QED) is 0.573. The van der Waals surface area contributed by atoms with Crippen LogP contribution in [0.4, 0.5) is 0 Å². The summed E-state index contributed by atoms with van der Waals surface area (Å²) < 4.78 is 21.5. The van der Waals surface area contributed by atoms with Gasteiger partial charge in [-0.15, -0.1) is 0 Å². The molecule has 1 fully saturated rings. The van der Waals surface area contributed by atoms with Gasteiger partial charge in [-0.1, -0.05) is 19.3 Å². The lowest BCUT2D eigenvalue weighted by Gasteiger charge is -2.35. The van der Waals surface area contributed by atoms with Crippen LogP contribution >= 0.6 is 0 Å². The maximum absolute atomic E-state index is 10.7. The Morgan fingerprint density at radius 3 is 2.41 bits per heavy atom. The van der Waals surface area contributed by atoms with Gasteiger partial charge in [0.2, 0.25) is 10.0 Å². The van der Waals surface area contributed by atoms with Crippen LogP contribution in [0.2, 0.25) is 0 Å². The molecule has 0 amide bonds. The Kier molecular flexibility index (Phi) is 5.85. The Labute approximate surface area is 104 Å². The number of aliphatic hydroxyl groups is 1. The highest BCUT2D eigenvalue weighted by Gasteiger charge is 2.30. The lowest BCUT2D eigenvalue weighted by atomic mass is 9.74. The number of rotatable bonds is 7. The molecule has 0 aromatic carbocycles. The Bertz CT molecular complexity index is 311. The van der Waals surface area contributed by atoms with Gasteiger partial charge in [-0.2, -0.15) is 0 Å². The molecule has 0 radical (unpaired) electrons. The van der Waals surface area contributed by atoms with Crippen molar-refractivity contribution in [1.82, 2.24) is 5.32 Å². The predicted molar refractivity (Wildman–Crippen MR) is 68.1 cm³/mol. The fraction of sp³-hybridized carbons (Fsp3) is 1.00. The van der Waals surface area contributed by atoms with Gasteiger partial charge in [-0.05, 0) is 25.8 Å². The number of aliphatic hydroxyl groups excluding tert-OH is 1. The van der Waals surface area contributed by atoms with Gasteiger partial charge >= 0.3 is 0 Å². The summed E-state index contributed by atoms with van der Waals surface area (Å²) in [6, 6.07) is 0. The smallest absolute Gasteiger partial charge is 0.209 e. The molecule has 0 aromatic heterocycles. The molecule has 1 aliphatic carbocycles. The molecule has 6 heteroatoms. The minimum Gasteiger partial charge on any atom is -0.396 e. The molecular formula is C11H24N2O3S. The fourth-order valence-corrected chi connectivity index (χ4v) is 2.99. The highest BCUT2D eigenvalue weighted by molar-refractivity contribution is 7.89. The molecule has 0 heterocycles. The molecule has 102 valence electrons. The van der Waals surface area contributed by atoms with Crippen molar-refractivity contribution < 1.29 is 13.5 Å². The molecule has 0 bridgehead atoms. The van der Waals surface area contributed by atoms with E-state index in [4.69, 9.17) is 5.14 Å². The van der Waals surface area contributed by atoms with Gasteiger partial charge < -0.3 is 10.4 Å². The number of nitrogens with one attached hydrogen (secondary N) is 1. The second-order valence-corrected chi connectivity index (χ2v) is 6.85. The zero-order valence-electron chi connectivity index (χ0n) is 10.3. The van der Waals surface area contributed by atoms with Gasteiger partial charge in [-0.25, -0.2) is 13.6 Å². The standard InChI is InChI=1S/C11H24N2O3S/c12-17(15,16)8-4-7-13-9-11(10-14)5-2-1-3-6-11/h13-14H,1-10H2,(H2,12,15,16). The number of sulfonamides is 1. The van der Waals surface area contributed by atoms with Crippen LogP contribution in [0.25, 0.3) is 0 Å². The van der Waals surface area contributed by atoms with Crippen LogP contribution in [-0.2, 0) is 10.0 Å². The summed E-state index contributed by atoms with van der Waals surface area (Å²) in [4.78, 5) is 0. The van der Waals surface area contributed by atoms with Crippen LogP contribution in [0.1, 0.15) is 38.5 Å². The number of hydrogen-bond donors (Lipinski definition) is 3. The Morgan fingerprint density at radius 1 is 1.24 bits per heavy atom. The van der Waals surface area contributed by atoms with Crippen molar-refractivity contribution in [3.05, 3.63) is 0 Å². The Balaban J connectivity index is 2.20. The van der Waals surface area contributed by atoms with E-state index in [0.717, 1.165) is 19.4 Å². The molecule has 1 rings (SSSR count). The normalized spacial score (nSPS) is 20.4. The molecule has 4 N–H and O–H groups in total. The molecule has 0 atom stereocenters. The van der Waals surface area contributed by atoms with Crippen molar-refractivity contribution in [1.29, 1.82) is 0 Å². The molecule has 0 unspecified atom stereocenters. The topological polar surface area (TPSA) is 92.4 Å². The minimum absolute atomic E-state index is 0.0137. The van der Waals surface area contributed by atoms with Gasteiger partial charge in [0, 0.05) is 18.6 Å². The third-order valence-corrected chi connectivity index (χ3v) is 4.39. The third-order valence-electron chi connectivity index (χ3n) is 3.53. The number of primary sulfonamides is 1. The molecule has 0 aliphatic heterocycles. The van der Waals surface area contributed by atoms with Gasteiger partial charge in [0.15, 0.2) is 0 Å². The molecule has 1 saturated carbocycles. The first-order valence-corrected chi connectivity index (χ1v) is 8.01. The van der Waals surface area contributed by atoms with E-state index in [1.807, 2.05) is 0 Å². The van der Waals surface area contributed by atoms with Gasteiger partial charge in [-0.3, -0.25) is 0 Å². The first-order valence-electron chi connectivity index (χ1n) is 6.30. The monoisotopic (exact) mass is 264 g/mol. The zero-order chi connectivity index (χ0) is 12.8. The summed E-state index contributed by atoms with van der Waals surface area (Å²) in [6.45, 7) is 1.63. The average molecular weight is 264 g/mol. The molecular weight excluding hydrogens is 240 g/mol. The van der Waals surface area contributed by atoms with Crippen LogP contribution in [-0.4, -0.2) is 39.0 Å². The molecule has 1 aliphatic rings. The van der Waals surface area contributed by atoms with Crippen LogP contribution in [0.3, 0.4) is 0 Å². The summed E-state index contributed by atoms with van der Waals surface area (Å²) in [7, 11) is -3.34. The second kappa shape index (κ2) is 6.68. The summed E-state index contributed by atoms with van der Waals surface area (Å²) in [5.41, 5.74) is 0.0137. The van der Waals surface area contributed by atoms with Crippen molar-refractivity contribution in [2.75, 3.05) is 25.4 Å². The SMILES string of the molecule is NS(=O)(=O)CCCNCC1(CO)CCCCC1. The second-order valence-electron chi connectivity index (χ2n) is 5.12. The maximum Gasteiger partial charge on any atom is 0.209 e. The maximum atomic E-state index is 10.7. The summed E-state index contributed by atoms with van der Waals surface area (Å²) in [5, 5.41) is 17.6. The average Bonchev–Trinajstić information content (AvgIpc) is 2.28. The van der Waals surface area contributed by atoms with Crippen molar-refractivity contribution in [2.45, 2.75) is 38.5 Å². The fourth-order valence-electron chi connectivity index (χ4n) is 2.44. The van der Waals surface area contributed by atoms with E-state index in [2.05, 4.69) is 5.32 Å². The van der Waals surface area contributed by atoms with E-state index in [-0.39, 0.29) is 17.8 Å². The van der Waals surface area contributed by atoms with E-state index >= 15 is 0 Å². The predicted octanol–water partition coefficient (Wildman–Crippen LogP) is 0.197. The van der Waals surface area contributed by atoms with E-state index in [1.54, 1.807) is 0 Å². The van der Waals surface area contributed by atoms with Gasteiger partial charge in [0.1, 0.15) is 0 Å². The minimum atomic E-state index is -3.34. The number of hydrogen-bond acceptors (Lipinski definition) is 4. The van der Waals surface area contributed by atoms with Gasteiger partial charge in [0.05, 0.1) is 5.75 Å². The van der Waals surface area contributed by atoms with Crippen molar-refractivity contribution in [3.63, 3.8) is 0 Å². The molecule has 0 saturated heterocycles. The van der Waals surface area contributed by atoms with E-state index < -0.39 is 10.0 Å². The molecule has 17 heavy (non-hydrogen) atoms. The largest absolute Gasteiger partial charge is 0.396 e. The highest BCUT2D eigenvalue weighted by atomic mass is 32.2. The summed E-state index contributed by atoms with van der Waals surface area (Å²) in [6.07, 6.45) is 6.27. The molecule has 5 nitrogen and oxygen atoms in total. The highest BCUT2D eigenvalue weighted by Crippen LogP contribution is 2.35. The van der Waals surface area contributed by atoms with Crippen molar-refractivity contribution in [2.24, 2.45) is 10.6 Å². The molecule has 0 spiro atoms. The number of nitrogens with two attached hydrogens (primary N) is 1. The van der Waals surface area contributed by atoms with E-state index in [9.17, 15) is 13.5 Å². The van der Waals surface area contributed by atoms with Crippen LogP contribution in [0.15, 0.2) is 0 Å². The third kappa shape index (κ3) is 5.81. The van der Waals surface area contributed by atoms with Gasteiger partial charge in [0.25, 0.3) is 0 Å². The van der Waals surface area contributed by atoms with E-state index in [1.165, 1.54) is 19.3 Å². The van der Waals surface area contributed by atoms with Crippen molar-refractivity contribution in [3.8, 4) is 0 Å². The first kappa shape index (κ1) is 14.9. The summed E-state index contributed by atoms with van der Waals surface area (Å²) in [5.74, 6) is 0.0200. The zero-order valence-corrected chi connectivity index (χ0v) is 11.1. The Hall–Kier alpha value is -0.170. The van der Waals surface area contributed by atoms with Crippen molar-refractivity contribution >= 4 is 10.0 Å². The lowest BCUT2D eigenvalue weighted by Crippen LogP contribution is -2.39. The Morgan fingerprint density at radius 2 is 1.88 bits per heavy atom. The van der Waals surface area contributed by atoms with E-state index in [0.29, 0.717) is 13.0 Å². The van der Waals surface area contributed by atoms with Crippen LogP contribution in [0.5, 0.6) is 0 Å². The lowest BCUT2D eigenvalue weighted by molar-refractivity contribution is 0.0816. The summed E-state index contributed by atoms with van der Waals surface area (Å²) >= 11 is 0. The van der Waals surface area contributed by atoms with Crippen LogP contribution < -0.4 is 10.5 Å². The first-order chi connectivity index (χ1) is 7.97. The molecule has 0 aromatic rings.